The standard InChI is InChI=1S/C27H21F4N3O4/c28-23-15-33(26(37)34(25(23)36)14-20-3-1-2-4-22(20)27(29,30)31)13-17-7-11-21(12-8-17)38-16-18-5-9-19(10-6-18)24(32)35/h1-12,15H,13-14,16H2,(H2,32,35). The summed E-state index contributed by atoms with van der Waals surface area (Å²) in [5.74, 6) is -1.30. The molecular formula is C27H21F4N3O4. The predicted octanol–water partition coefficient (Wildman–Crippen LogP) is 3.94. The number of primary amides is 1. The molecular weight excluding hydrogens is 506 g/mol. The fourth-order valence-electron chi connectivity index (χ4n) is 3.80. The lowest BCUT2D eigenvalue weighted by Crippen LogP contribution is -2.41. The van der Waals surface area contributed by atoms with Gasteiger partial charge in [0.25, 0.3) is 5.56 Å². The van der Waals surface area contributed by atoms with E-state index in [2.05, 4.69) is 0 Å². The van der Waals surface area contributed by atoms with E-state index in [4.69, 9.17) is 10.5 Å². The Morgan fingerprint density at radius 2 is 1.50 bits per heavy atom. The molecule has 0 radical (unpaired) electrons. The van der Waals surface area contributed by atoms with E-state index in [1.165, 1.54) is 12.1 Å². The fraction of sp³-hybridized carbons (Fsp3) is 0.148. The van der Waals surface area contributed by atoms with E-state index in [0.29, 0.717) is 21.4 Å². The van der Waals surface area contributed by atoms with Gasteiger partial charge in [-0.25, -0.2) is 4.79 Å². The summed E-state index contributed by atoms with van der Waals surface area (Å²) in [5, 5.41) is 0. The van der Waals surface area contributed by atoms with Crippen molar-refractivity contribution in [3.05, 3.63) is 133 Å². The van der Waals surface area contributed by atoms with Gasteiger partial charge in [0.1, 0.15) is 12.4 Å². The molecule has 0 unspecified atom stereocenters. The molecule has 0 saturated carbocycles. The highest BCUT2D eigenvalue weighted by atomic mass is 19.4. The Morgan fingerprint density at radius 1 is 0.868 bits per heavy atom. The van der Waals surface area contributed by atoms with Gasteiger partial charge < -0.3 is 10.5 Å². The maximum absolute atomic E-state index is 14.4. The van der Waals surface area contributed by atoms with E-state index >= 15 is 0 Å². The largest absolute Gasteiger partial charge is 0.489 e. The van der Waals surface area contributed by atoms with E-state index in [0.717, 1.165) is 28.5 Å². The summed E-state index contributed by atoms with van der Waals surface area (Å²) >= 11 is 0. The van der Waals surface area contributed by atoms with Gasteiger partial charge in [0.05, 0.1) is 24.8 Å². The van der Waals surface area contributed by atoms with Crippen LogP contribution in [0.1, 0.15) is 32.6 Å². The fourth-order valence-corrected chi connectivity index (χ4v) is 3.80. The molecule has 1 heterocycles. The van der Waals surface area contributed by atoms with E-state index in [-0.39, 0.29) is 18.7 Å². The first kappa shape index (κ1) is 26.4. The van der Waals surface area contributed by atoms with Crippen LogP contribution in [-0.2, 0) is 25.9 Å². The monoisotopic (exact) mass is 527 g/mol. The van der Waals surface area contributed by atoms with Crippen molar-refractivity contribution in [2.75, 3.05) is 0 Å². The van der Waals surface area contributed by atoms with Gasteiger partial charge in [-0.2, -0.15) is 17.6 Å². The van der Waals surface area contributed by atoms with Crippen LogP contribution in [0.3, 0.4) is 0 Å². The van der Waals surface area contributed by atoms with Crippen LogP contribution in [0.25, 0.3) is 0 Å². The number of hydrogen-bond acceptors (Lipinski definition) is 4. The van der Waals surface area contributed by atoms with Crippen molar-refractivity contribution in [2.45, 2.75) is 25.9 Å². The lowest BCUT2D eigenvalue weighted by molar-refractivity contribution is -0.138. The molecule has 0 aliphatic rings. The molecule has 0 aliphatic carbocycles. The van der Waals surface area contributed by atoms with Crippen LogP contribution in [0.5, 0.6) is 5.75 Å². The minimum Gasteiger partial charge on any atom is -0.489 e. The van der Waals surface area contributed by atoms with Crippen LogP contribution in [0.2, 0.25) is 0 Å². The molecule has 11 heteroatoms. The summed E-state index contributed by atoms with van der Waals surface area (Å²) in [5.41, 5.74) is 3.35. The summed E-state index contributed by atoms with van der Waals surface area (Å²) < 4.78 is 61.5. The van der Waals surface area contributed by atoms with Gasteiger partial charge in [0.15, 0.2) is 0 Å². The number of nitrogens with zero attached hydrogens (tertiary/aromatic N) is 2. The smallest absolute Gasteiger partial charge is 0.416 e. The Balaban J connectivity index is 1.51. The van der Waals surface area contributed by atoms with Crippen LogP contribution in [0, 0.1) is 5.82 Å². The zero-order valence-electron chi connectivity index (χ0n) is 19.7. The first-order valence-electron chi connectivity index (χ1n) is 11.3. The van der Waals surface area contributed by atoms with Crippen molar-refractivity contribution < 1.29 is 27.1 Å². The molecule has 2 N–H and O–H groups in total. The Kier molecular flexibility index (Phi) is 7.47. The zero-order valence-corrected chi connectivity index (χ0v) is 19.7. The van der Waals surface area contributed by atoms with Crippen LogP contribution < -0.4 is 21.7 Å². The van der Waals surface area contributed by atoms with Gasteiger partial charge in [-0.3, -0.25) is 18.7 Å². The number of ether oxygens (including phenoxy) is 1. The Bertz CT molecular complexity index is 1570. The number of amides is 1. The van der Waals surface area contributed by atoms with Crippen molar-refractivity contribution >= 4 is 5.91 Å². The second kappa shape index (κ2) is 10.8. The molecule has 4 aromatic rings. The highest BCUT2D eigenvalue weighted by molar-refractivity contribution is 5.92. The van der Waals surface area contributed by atoms with Gasteiger partial charge in [-0.1, -0.05) is 42.5 Å². The highest BCUT2D eigenvalue weighted by Gasteiger charge is 2.33. The van der Waals surface area contributed by atoms with Gasteiger partial charge in [0, 0.05) is 5.56 Å². The third kappa shape index (κ3) is 6.00. The van der Waals surface area contributed by atoms with E-state index in [1.807, 2.05) is 0 Å². The maximum Gasteiger partial charge on any atom is 0.416 e. The first-order chi connectivity index (χ1) is 18.0. The molecule has 0 spiro atoms. The minimum atomic E-state index is -4.71. The molecule has 0 saturated heterocycles. The third-order valence-electron chi connectivity index (χ3n) is 5.77. The summed E-state index contributed by atoms with van der Waals surface area (Å²) in [4.78, 5) is 36.4. The van der Waals surface area contributed by atoms with Crippen molar-refractivity contribution in [1.82, 2.24) is 9.13 Å². The number of nitrogens with two attached hydrogens (primary N) is 1. The van der Waals surface area contributed by atoms with Crippen molar-refractivity contribution in [3.63, 3.8) is 0 Å². The topological polar surface area (TPSA) is 96.3 Å². The number of benzene rings is 3. The molecule has 7 nitrogen and oxygen atoms in total. The van der Waals surface area contributed by atoms with Crippen LogP contribution in [0.4, 0.5) is 17.6 Å². The Labute approximate surface area is 213 Å². The first-order valence-corrected chi connectivity index (χ1v) is 11.3. The zero-order chi connectivity index (χ0) is 27.4. The lowest BCUT2D eigenvalue weighted by Gasteiger charge is -2.15. The molecule has 0 atom stereocenters. The van der Waals surface area contributed by atoms with E-state index in [9.17, 15) is 31.9 Å². The molecule has 38 heavy (non-hydrogen) atoms. The Morgan fingerprint density at radius 3 is 2.13 bits per heavy atom. The minimum absolute atomic E-state index is 0.133. The van der Waals surface area contributed by atoms with Crippen molar-refractivity contribution in [2.24, 2.45) is 5.73 Å². The number of halogens is 4. The summed E-state index contributed by atoms with van der Waals surface area (Å²) in [6, 6.07) is 17.6. The summed E-state index contributed by atoms with van der Waals surface area (Å²) in [7, 11) is 0. The maximum atomic E-state index is 14.4. The highest BCUT2D eigenvalue weighted by Crippen LogP contribution is 2.32. The number of rotatable bonds is 8. The second-order valence-electron chi connectivity index (χ2n) is 8.43. The van der Waals surface area contributed by atoms with Crippen LogP contribution in [0.15, 0.2) is 88.6 Å². The van der Waals surface area contributed by atoms with Crippen LogP contribution in [-0.4, -0.2) is 15.0 Å². The predicted molar refractivity (Wildman–Crippen MR) is 130 cm³/mol. The lowest BCUT2D eigenvalue weighted by atomic mass is 10.1. The van der Waals surface area contributed by atoms with Crippen molar-refractivity contribution in [3.8, 4) is 5.75 Å². The normalized spacial score (nSPS) is 11.4. The number of carbonyl (C=O) groups is 1. The van der Waals surface area contributed by atoms with Crippen LogP contribution >= 0.6 is 0 Å². The SMILES string of the molecule is NC(=O)c1ccc(COc2ccc(Cn3cc(F)c(=O)n(Cc4ccccc4C(F)(F)F)c3=O)cc2)cc1. The molecule has 0 aliphatic heterocycles. The second-order valence-corrected chi connectivity index (χ2v) is 8.43. The van der Waals surface area contributed by atoms with Gasteiger partial charge in [0.2, 0.25) is 11.7 Å². The number of hydrogen-bond donors (Lipinski definition) is 1. The molecule has 0 fully saturated rings. The molecule has 1 aromatic heterocycles. The van der Waals surface area contributed by atoms with E-state index in [1.54, 1.807) is 48.5 Å². The third-order valence-corrected chi connectivity index (χ3v) is 5.77. The molecule has 196 valence electrons. The molecule has 3 aromatic carbocycles. The number of alkyl halides is 3. The van der Waals surface area contributed by atoms with E-state index < -0.39 is 41.3 Å². The summed E-state index contributed by atoms with van der Waals surface area (Å²) in [6.07, 6.45) is -3.97. The molecule has 4 rings (SSSR count). The Hall–Kier alpha value is -4.67. The molecule has 1 amide bonds. The quantitative estimate of drug-likeness (QED) is 0.351. The summed E-state index contributed by atoms with van der Waals surface area (Å²) in [6.45, 7) is -0.655. The average Bonchev–Trinajstić information content (AvgIpc) is 2.89. The molecule has 0 bridgehead atoms. The average molecular weight is 527 g/mol. The number of carbonyl (C=O) groups excluding carboxylic acids is 1. The number of aromatic nitrogens is 2. The van der Waals surface area contributed by atoms with Crippen molar-refractivity contribution in [1.29, 1.82) is 0 Å². The van der Waals surface area contributed by atoms with Gasteiger partial charge in [-0.05, 0) is 47.0 Å². The van der Waals surface area contributed by atoms with Gasteiger partial charge in [-0.15, -0.1) is 0 Å². The van der Waals surface area contributed by atoms with Gasteiger partial charge >= 0.3 is 11.9 Å².